The second-order valence-electron chi connectivity index (χ2n) is 1.14. The Morgan fingerprint density at radius 1 is 1.60 bits per heavy atom. The molecule has 0 aliphatic rings. The Bertz CT molecular complexity index is 23.6. The Morgan fingerprint density at radius 3 is 1.80 bits per heavy atom. The summed E-state index contributed by atoms with van der Waals surface area (Å²) in [6.45, 7) is 4.21. The predicted molar refractivity (Wildman–Crippen MR) is 27.5 cm³/mol. The minimum Gasteiger partial charge on any atom is -0.371 e. The molecule has 3 heteroatoms. The van der Waals surface area contributed by atoms with E-state index >= 15 is 0 Å². The molecule has 0 spiro atoms. The van der Waals surface area contributed by atoms with E-state index in [2.05, 4.69) is 20.0 Å². The van der Waals surface area contributed by atoms with Gasteiger partial charge in [0, 0.05) is 0 Å². The molecule has 0 radical (unpaired) electrons. The van der Waals surface area contributed by atoms with Gasteiger partial charge < -0.3 is 3.75 Å². The zero-order valence-electron chi connectivity index (χ0n) is 3.36. The molecule has 0 aromatic carbocycles. The molecule has 0 amide bonds. The molecule has 0 saturated carbocycles. The Kier molecular flexibility index (Phi) is 3.00. The number of halogens is 1. The zero-order valence-corrected chi connectivity index (χ0v) is 4.95. The summed E-state index contributed by atoms with van der Waals surface area (Å²) in [4.78, 5) is 0. The SMILES string of the molecule is CB(C)OBr. The second-order valence-corrected chi connectivity index (χ2v) is 1.51. The van der Waals surface area contributed by atoms with E-state index in [1.165, 1.54) is 0 Å². The van der Waals surface area contributed by atoms with E-state index in [1.54, 1.807) is 0 Å². The normalized spacial score (nSPS) is 7.80. The van der Waals surface area contributed by atoms with Crippen LogP contribution in [0.5, 0.6) is 0 Å². The van der Waals surface area contributed by atoms with E-state index in [-0.39, 0.29) is 0 Å². The molecule has 0 rings (SSSR count). The molecule has 0 unspecified atom stereocenters. The van der Waals surface area contributed by atoms with Gasteiger partial charge in [-0.15, -0.1) is 0 Å². The fraction of sp³-hybridized carbons (Fsp3) is 1.00. The summed E-state index contributed by atoms with van der Waals surface area (Å²) in [7, 11) is 0. The van der Waals surface area contributed by atoms with E-state index in [9.17, 15) is 0 Å². The minimum absolute atomic E-state index is 0.301. The molecule has 0 fully saturated rings. The Labute approximate surface area is 41.3 Å². The predicted octanol–water partition coefficient (Wildman–Crippen LogP) is 1.56. The molecule has 0 aliphatic heterocycles. The lowest BCUT2D eigenvalue weighted by Gasteiger charge is -1.85. The minimum atomic E-state index is 0.301. The van der Waals surface area contributed by atoms with Crippen LogP contribution in [0.1, 0.15) is 0 Å². The van der Waals surface area contributed by atoms with E-state index in [0.717, 1.165) is 0 Å². The topological polar surface area (TPSA) is 9.23 Å². The van der Waals surface area contributed by atoms with Crippen molar-refractivity contribution in [3.63, 3.8) is 0 Å². The first-order valence-corrected chi connectivity index (χ1v) is 2.19. The van der Waals surface area contributed by atoms with Crippen molar-refractivity contribution in [3.8, 4) is 0 Å². The van der Waals surface area contributed by atoms with Crippen LogP contribution in [0.3, 0.4) is 0 Å². The van der Waals surface area contributed by atoms with Gasteiger partial charge in [0.1, 0.15) is 0 Å². The highest BCUT2D eigenvalue weighted by atomic mass is 79.9. The smallest absolute Gasteiger partial charge is 0.304 e. The van der Waals surface area contributed by atoms with Crippen LogP contribution < -0.4 is 0 Å². The summed E-state index contributed by atoms with van der Waals surface area (Å²) in [5.74, 6) is 0. The van der Waals surface area contributed by atoms with E-state index in [1.807, 2.05) is 13.6 Å². The first-order valence-electron chi connectivity index (χ1n) is 1.54. The highest BCUT2D eigenvalue weighted by molar-refractivity contribution is 9.06. The average molecular weight is 137 g/mol. The van der Waals surface area contributed by atoms with Crippen LogP contribution in [0.15, 0.2) is 0 Å². The highest BCUT2D eigenvalue weighted by Gasteiger charge is 1.90. The first-order chi connectivity index (χ1) is 2.27. The van der Waals surface area contributed by atoms with Gasteiger partial charge in [-0.25, -0.2) is 0 Å². The number of hydrogen-bond acceptors (Lipinski definition) is 1. The van der Waals surface area contributed by atoms with Gasteiger partial charge in [-0.05, 0) is 0 Å². The molecule has 0 atom stereocenters. The van der Waals surface area contributed by atoms with Crippen molar-refractivity contribution in [3.05, 3.63) is 0 Å². The largest absolute Gasteiger partial charge is 0.371 e. The molecule has 30 valence electrons. The van der Waals surface area contributed by atoms with Crippen molar-refractivity contribution in [2.75, 3.05) is 0 Å². The molecule has 5 heavy (non-hydrogen) atoms. The van der Waals surface area contributed by atoms with Crippen molar-refractivity contribution >= 4 is 23.2 Å². The van der Waals surface area contributed by atoms with Gasteiger partial charge in [0.15, 0.2) is 0 Å². The van der Waals surface area contributed by atoms with Crippen LogP contribution in [0.2, 0.25) is 13.6 Å². The molecule has 0 N–H and O–H groups in total. The fourth-order valence-electron chi connectivity index (χ4n) is 0. The van der Waals surface area contributed by atoms with Crippen molar-refractivity contribution in [2.45, 2.75) is 13.6 Å². The van der Waals surface area contributed by atoms with Crippen LogP contribution >= 0.6 is 16.3 Å². The van der Waals surface area contributed by atoms with E-state index < -0.39 is 0 Å². The lowest BCUT2D eigenvalue weighted by molar-refractivity contribution is 0.715. The van der Waals surface area contributed by atoms with Gasteiger partial charge in [-0.1, -0.05) is 13.6 Å². The second kappa shape index (κ2) is 2.73. The van der Waals surface area contributed by atoms with Crippen LogP contribution in [0, 0.1) is 0 Å². The Balaban J connectivity index is 2.54. The van der Waals surface area contributed by atoms with Gasteiger partial charge in [0.25, 0.3) is 0 Å². The van der Waals surface area contributed by atoms with Crippen LogP contribution in [-0.2, 0) is 3.75 Å². The van der Waals surface area contributed by atoms with E-state index in [0.29, 0.717) is 6.92 Å². The lowest BCUT2D eigenvalue weighted by Crippen LogP contribution is -1.95. The van der Waals surface area contributed by atoms with Gasteiger partial charge in [-0.2, -0.15) is 0 Å². The molecular formula is C2H6BBrO. The maximum Gasteiger partial charge on any atom is 0.304 e. The zero-order chi connectivity index (χ0) is 4.28. The third-order valence-electron chi connectivity index (χ3n) is 0.178. The summed E-state index contributed by atoms with van der Waals surface area (Å²) in [6, 6.07) is 0. The summed E-state index contributed by atoms with van der Waals surface area (Å²) in [5, 5.41) is 0. The number of rotatable bonds is 1. The maximum atomic E-state index is 4.56. The molecular weight excluding hydrogens is 131 g/mol. The van der Waals surface area contributed by atoms with Gasteiger partial charge in [0.2, 0.25) is 0 Å². The molecule has 0 saturated heterocycles. The van der Waals surface area contributed by atoms with Crippen LogP contribution in [-0.4, -0.2) is 6.92 Å². The highest BCUT2D eigenvalue weighted by Crippen LogP contribution is 1.87. The van der Waals surface area contributed by atoms with Gasteiger partial charge in [-0.3, -0.25) is 0 Å². The molecule has 0 bridgehead atoms. The van der Waals surface area contributed by atoms with Crippen molar-refractivity contribution in [1.82, 2.24) is 0 Å². The summed E-state index contributed by atoms with van der Waals surface area (Å²) >= 11 is 2.81. The standard InChI is InChI=1S/C2H6BBrO/c1-3(2)5-4/h1-2H3. The molecule has 1 nitrogen and oxygen atoms in total. The van der Waals surface area contributed by atoms with Crippen molar-refractivity contribution < 1.29 is 3.75 Å². The number of hydrogen-bond donors (Lipinski definition) is 0. The van der Waals surface area contributed by atoms with Gasteiger partial charge >= 0.3 is 6.92 Å². The van der Waals surface area contributed by atoms with Gasteiger partial charge in [0.05, 0.1) is 16.3 Å². The average Bonchev–Trinajstić information content (AvgIpc) is 1.38. The van der Waals surface area contributed by atoms with Crippen LogP contribution in [0.4, 0.5) is 0 Å². The first kappa shape index (κ1) is 5.50. The molecule has 0 aromatic rings. The molecule has 0 aromatic heterocycles. The molecule has 0 aliphatic carbocycles. The Hall–Kier alpha value is 0.505. The lowest BCUT2D eigenvalue weighted by atomic mass is 9.76. The third kappa shape index (κ3) is 4.50. The third-order valence-corrected chi connectivity index (χ3v) is 0.926. The summed E-state index contributed by atoms with van der Waals surface area (Å²) in [5.41, 5.74) is 0. The molecule has 0 heterocycles. The summed E-state index contributed by atoms with van der Waals surface area (Å²) in [6.07, 6.45) is 0. The maximum absolute atomic E-state index is 4.56. The van der Waals surface area contributed by atoms with Crippen molar-refractivity contribution in [2.24, 2.45) is 0 Å². The summed E-state index contributed by atoms with van der Waals surface area (Å²) < 4.78 is 4.56. The quantitative estimate of drug-likeness (QED) is 0.498. The Morgan fingerprint density at radius 2 is 1.80 bits per heavy atom. The van der Waals surface area contributed by atoms with E-state index in [4.69, 9.17) is 0 Å². The van der Waals surface area contributed by atoms with Crippen LogP contribution in [0.25, 0.3) is 0 Å². The van der Waals surface area contributed by atoms with Crippen molar-refractivity contribution in [1.29, 1.82) is 0 Å². The monoisotopic (exact) mass is 136 g/mol. The fourth-order valence-corrected chi connectivity index (χ4v) is 0.